The Hall–Kier alpha value is -1.00. The van der Waals surface area contributed by atoms with Gasteiger partial charge in [-0.1, -0.05) is 12.1 Å². The van der Waals surface area contributed by atoms with E-state index in [0.717, 1.165) is 12.8 Å². The fraction of sp³-hybridized carbons (Fsp3) is 0.500. The predicted molar refractivity (Wildman–Crippen MR) is 76.6 cm³/mol. The molecule has 0 aliphatic heterocycles. The lowest BCUT2D eigenvalue weighted by Gasteiger charge is -2.20. The number of benzene rings is 1. The second-order valence-corrected chi connectivity index (χ2v) is 8.14. The van der Waals surface area contributed by atoms with Crippen molar-refractivity contribution in [3.63, 3.8) is 0 Å². The Morgan fingerprint density at radius 1 is 1.14 bits per heavy atom. The third-order valence-corrected chi connectivity index (χ3v) is 6.15. The molecule has 3 N–H and O–H groups in total. The van der Waals surface area contributed by atoms with E-state index in [1.807, 2.05) is 0 Å². The molecule has 0 aromatic heterocycles. The Bertz CT molecular complexity index is 715. The average Bonchev–Trinajstić information content (AvgIpc) is 2.84. The van der Waals surface area contributed by atoms with Gasteiger partial charge in [0.2, 0.25) is 20.0 Å². The molecule has 118 valence electrons. The van der Waals surface area contributed by atoms with Crippen LogP contribution < -0.4 is 9.86 Å². The van der Waals surface area contributed by atoms with Crippen molar-refractivity contribution in [1.29, 1.82) is 0 Å². The summed E-state index contributed by atoms with van der Waals surface area (Å²) in [6.07, 6.45) is 2.06. The molecule has 0 heterocycles. The molecular weight excluding hydrogens is 316 g/mol. The fourth-order valence-corrected chi connectivity index (χ4v) is 5.19. The molecule has 2 atom stereocenters. The van der Waals surface area contributed by atoms with Crippen LogP contribution in [0.15, 0.2) is 34.1 Å². The zero-order valence-corrected chi connectivity index (χ0v) is 13.2. The van der Waals surface area contributed by atoms with Gasteiger partial charge < -0.3 is 4.74 Å². The SMILES string of the molecule is COC1CCCC1NS(=O)(=O)c1ccccc1S(N)(=O)=O. The highest BCUT2D eigenvalue weighted by Crippen LogP contribution is 2.25. The molecule has 1 fully saturated rings. The van der Waals surface area contributed by atoms with Gasteiger partial charge in [-0.3, -0.25) is 0 Å². The van der Waals surface area contributed by atoms with Gasteiger partial charge in [-0.25, -0.2) is 26.7 Å². The molecule has 1 saturated carbocycles. The molecule has 2 rings (SSSR count). The lowest BCUT2D eigenvalue weighted by Crippen LogP contribution is -2.41. The maximum absolute atomic E-state index is 12.4. The Morgan fingerprint density at radius 3 is 2.33 bits per heavy atom. The molecule has 1 aliphatic carbocycles. The number of sulfonamides is 2. The number of methoxy groups -OCH3 is 1. The van der Waals surface area contributed by atoms with Crippen LogP contribution in [0.3, 0.4) is 0 Å². The van der Waals surface area contributed by atoms with Crippen LogP contribution in [0, 0.1) is 0 Å². The zero-order chi connectivity index (χ0) is 15.7. The number of ether oxygens (including phenoxy) is 1. The third kappa shape index (κ3) is 3.61. The van der Waals surface area contributed by atoms with E-state index in [1.165, 1.54) is 31.4 Å². The minimum absolute atomic E-state index is 0.207. The summed E-state index contributed by atoms with van der Waals surface area (Å²) in [5.41, 5.74) is 0. The Morgan fingerprint density at radius 2 is 1.76 bits per heavy atom. The van der Waals surface area contributed by atoms with Crippen LogP contribution in [0.4, 0.5) is 0 Å². The zero-order valence-electron chi connectivity index (χ0n) is 11.5. The predicted octanol–water partition coefficient (Wildman–Crippen LogP) is 0.180. The van der Waals surface area contributed by atoms with Gasteiger partial charge >= 0.3 is 0 Å². The number of nitrogens with two attached hydrogens (primary N) is 1. The number of hydrogen-bond donors (Lipinski definition) is 2. The first-order chi connectivity index (χ1) is 9.75. The Labute approximate surface area is 124 Å². The highest BCUT2D eigenvalue weighted by atomic mass is 32.2. The number of hydrogen-bond acceptors (Lipinski definition) is 5. The second-order valence-electron chi connectivity index (χ2n) is 4.92. The normalized spacial score (nSPS) is 23.3. The van der Waals surface area contributed by atoms with Crippen molar-refractivity contribution in [3.05, 3.63) is 24.3 Å². The van der Waals surface area contributed by atoms with Crippen LogP contribution >= 0.6 is 0 Å². The minimum Gasteiger partial charge on any atom is -0.380 e. The van der Waals surface area contributed by atoms with Gasteiger partial charge in [0.05, 0.1) is 6.10 Å². The quantitative estimate of drug-likeness (QED) is 0.797. The average molecular weight is 334 g/mol. The molecule has 1 aromatic rings. The van der Waals surface area contributed by atoms with Crippen LogP contribution in [0.5, 0.6) is 0 Å². The molecule has 9 heteroatoms. The van der Waals surface area contributed by atoms with E-state index < -0.39 is 24.9 Å². The first-order valence-corrected chi connectivity index (χ1v) is 9.45. The minimum atomic E-state index is -4.12. The molecule has 0 bridgehead atoms. The molecule has 7 nitrogen and oxygen atoms in total. The second kappa shape index (κ2) is 6.01. The monoisotopic (exact) mass is 334 g/mol. The first-order valence-electron chi connectivity index (χ1n) is 6.42. The summed E-state index contributed by atoms with van der Waals surface area (Å²) < 4.78 is 55.6. The van der Waals surface area contributed by atoms with Gasteiger partial charge in [0.1, 0.15) is 9.79 Å². The fourth-order valence-electron chi connectivity index (χ4n) is 2.51. The van der Waals surface area contributed by atoms with E-state index in [-0.39, 0.29) is 17.0 Å². The summed E-state index contributed by atoms with van der Waals surface area (Å²) in [4.78, 5) is -0.751. The van der Waals surface area contributed by atoms with Crippen LogP contribution in [0.2, 0.25) is 0 Å². The lowest BCUT2D eigenvalue weighted by molar-refractivity contribution is 0.0916. The van der Waals surface area contributed by atoms with Crippen molar-refractivity contribution in [1.82, 2.24) is 4.72 Å². The van der Waals surface area contributed by atoms with Crippen molar-refractivity contribution in [2.45, 2.75) is 41.2 Å². The summed E-state index contributed by atoms with van der Waals surface area (Å²) in [5, 5.41) is 5.07. The number of rotatable bonds is 5. The molecule has 1 aromatic carbocycles. The molecule has 0 radical (unpaired) electrons. The topological polar surface area (TPSA) is 116 Å². The van der Waals surface area contributed by atoms with Crippen molar-refractivity contribution in [2.75, 3.05) is 7.11 Å². The van der Waals surface area contributed by atoms with Crippen molar-refractivity contribution in [2.24, 2.45) is 5.14 Å². The van der Waals surface area contributed by atoms with Crippen LogP contribution in [-0.2, 0) is 24.8 Å². The van der Waals surface area contributed by atoms with E-state index in [1.54, 1.807) is 0 Å². The maximum atomic E-state index is 12.4. The van der Waals surface area contributed by atoms with Gasteiger partial charge in [-0.15, -0.1) is 0 Å². The van der Waals surface area contributed by atoms with Crippen LogP contribution in [0.1, 0.15) is 19.3 Å². The van der Waals surface area contributed by atoms with Crippen molar-refractivity contribution in [3.8, 4) is 0 Å². The molecule has 21 heavy (non-hydrogen) atoms. The standard InChI is InChI=1S/C12H18N2O5S2/c1-19-10-6-4-5-9(10)14-21(17,18)12-8-3-2-7-11(12)20(13,15)16/h2-3,7-10,14H,4-6H2,1H3,(H2,13,15,16). The Kier molecular flexibility index (Phi) is 4.69. The van der Waals surface area contributed by atoms with Gasteiger partial charge in [0.25, 0.3) is 0 Å². The lowest BCUT2D eigenvalue weighted by atomic mass is 10.2. The molecule has 0 saturated heterocycles. The van der Waals surface area contributed by atoms with E-state index in [4.69, 9.17) is 9.88 Å². The van der Waals surface area contributed by atoms with Gasteiger partial charge in [0, 0.05) is 13.2 Å². The highest BCUT2D eigenvalue weighted by molar-refractivity contribution is 7.92. The molecular formula is C12H18N2O5S2. The molecule has 0 amide bonds. The summed E-state index contributed by atoms with van der Waals surface area (Å²) in [6.45, 7) is 0. The molecule has 0 spiro atoms. The van der Waals surface area contributed by atoms with Crippen molar-refractivity contribution >= 4 is 20.0 Å². The van der Waals surface area contributed by atoms with Gasteiger partial charge in [-0.05, 0) is 31.4 Å². The van der Waals surface area contributed by atoms with Crippen molar-refractivity contribution < 1.29 is 21.6 Å². The summed E-state index contributed by atoms with van der Waals surface area (Å²) in [6, 6.07) is 4.90. The molecule has 1 aliphatic rings. The van der Waals surface area contributed by atoms with E-state index >= 15 is 0 Å². The summed E-state index contributed by atoms with van der Waals surface area (Å²) in [5.74, 6) is 0. The maximum Gasteiger partial charge on any atom is 0.242 e. The summed E-state index contributed by atoms with van der Waals surface area (Å²) in [7, 11) is -6.59. The number of nitrogens with one attached hydrogen (secondary N) is 1. The first kappa shape index (κ1) is 16.4. The van der Waals surface area contributed by atoms with E-state index in [0.29, 0.717) is 6.42 Å². The van der Waals surface area contributed by atoms with E-state index in [9.17, 15) is 16.8 Å². The van der Waals surface area contributed by atoms with Gasteiger partial charge in [-0.2, -0.15) is 0 Å². The van der Waals surface area contributed by atoms with Crippen LogP contribution in [0.25, 0.3) is 0 Å². The number of primary sulfonamides is 1. The smallest absolute Gasteiger partial charge is 0.242 e. The third-order valence-electron chi connectivity index (χ3n) is 3.51. The van der Waals surface area contributed by atoms with E-state index in [2.05, 4.69) is 4.72 Å². The Balaban J connectivity index is 2.37. The molecule has 2 unspecified atom stereocenters. The van der Waals surface area contributed by atoms with Gasteiger partial charge in [0.15, 0.2) is 0 Å². The largest absolute Gasteiger partial charge is 0.380 e. The van der Waals surface area contributed by atoms with Crippen LogP contribution in [-0.4, -0.2) is 36.1 Å². The highest BCUT2D eigenvalue weighted by Gasteiger charge is 2.33. The summed E-state index contributed by atoms with van der Waals surface area (Å²) >= 11 is 0.